The molecule has 1 aromatic rings. The Morgan fingerprint density at radius 1 is 1.20 bits per heavy atom. The molecule has 2 aliphatic carbocycles. The van der Waals surface area contributed by atoms with E-state index in [1.165, 1.54) is 31.4 Å². The Morgan fingerprint density at radius 3 is 2.35 bits per heavy atom. The van der Waals surface area contributed by atoms with Gasteiger partial charge in [0.2, 0.25) is 5.91 Å². The zero-order valence-electron chi connectivity index (χ0n) is 10.9. The Kier molecular flexibility index (Phi) is 3.50. The average molecular weight is 314 g/mol. The Bertz CT molecular complexity index is 616. The van der Waals surface area contributed by atoms with Crippen molar-refractivity contribution in [3.8, 4) is 0 Å². The molecule has 1 amide bonds. The monoisotopic (exact) mass is 313 g/mol. The molecule has 2 fully saturated rings. The molecule has 0 bridgehead atoms. The molecule has 0 heterocycles. The summed E-state index contributed by atoms with van der Waals surface area (Å²) in [5, 5.41) is 2.93. The Balaban J connectivity index is 1.55. The summed E-state index contributed by atoms with van der Waals surface area (Å²) in [6.45, 7) is 0.428. The number of benzene rings is 1. The van der Waals surface area contributed by atoms with Crippen molar-refractivity contribution in [1.29, 1.82) is 0 Å². The van der Waals surface area contributed by atoms with Crippen LogP contribution >= 0.6 is 10.7 Å². The third-order valence-electron chi connectivity index (χ3n) is 4.38. The highest BCUT2D eigenvalue weighted by Gasteiger charge is 2.56. The number of nitrogens with one attached hydrogen (secondary N) is 1. The molecule has 6 heteroatoms. The summed E-state index contributed by atoms with van der Waals surface area (Å²) in [6.07, 6.45) is 3.63. The number of hydrogen-bond donors (Lipinski definition) is 1. The third-order valence-corrected chi connectivity index (χ3v) is 5.75. The topological polar surface area (TPSA) is 63.2 Å². The summed E-state index contributed by atoms with van der Waals surface area (Å²) in [4.78, 5) is 12.1. The molecular weight excluding hydrogens is 298 g/mol. The Morgan fingerprint density at radius 2 is 1.80 bits per heavy atom. The molecule has 0 radical (unpaired) electrons. The van der Waals surface area contributed by atoms with Crippen molar-refractivity contribution in [1.82, 2.24) is 5.32 Å². The van der Waals surface area contributed by atoms with Crippen LogP contribution in [-0.4, -0.2) is 14.3 Å². The average Bonchev–Trinajstić information content (AvgIpc) is 2.89. The van der Waals surface area contributed by atoms with Crippen molar-refractivity contribution in [2.75, 3.05) is 0 Å². The number of carbonyl (C=O) groups is 1. The van der Waals surface area contributed by atoms with E-state index in [1.54, 1.807) is 12.1 Å². The van der Waals surface area contributed by atoms with Crippen molar-refractivity contribution >= 4 is 25.6 Å². The molecule has 2 unspecified atom stereocenters. The van der Waals surface area contributed by atoms with Crippen molar-refractivity contribution in [3.05, 3.63) is 29.8 Å². The van der Waals surface area contributed by atoms with Gasteiger partial charge < -0.3 is 5.32 Å². The van der Waals surface area contributed by atoms with Crippen LogP contribution in [0.15, 0.2) is 29.2 Å². The molecule has 0 aromatic heterocycles. The van der Waals surface area contributed by atoms with Crippen molar-refractivity contribution in [2.24, 2.45) is 17.8 Å². The summed E-state index contributed by atoms with van der Waals surface area (Å²) >= 11 is 0. The molecule has 3 rings (SSSR count). The molecular formula is C14H16ClNO3S. The minimum atomic E-state index is -3.68. The zero-order valence-corrected chi connectivity index (χ0v) is 12.5. The minimum absolute atomic E-state index is 0.0750. The maximum Gasteiger partial charge on any atom is 0.261 e. The SMILES string of the molecule is O=C(NCc1ccc(S(=O)(=O)Cl)cc1)C1C2CCCC21. The van der Waals surface area contributed by atoms with Gasteiger partial charge in [0.05, 0.1) is 4.90 Å². The second kappa shape index (κ2) is 5.04. The van der Waals surface area contributed by atoms with E-state index in [0.29, 0.717) is 18.4 Å². The van der Waals surface area contributed by atoms with E-state index in [4.69, 9.17) is 10.7 Å². The first-order chi connectivity index (χ1) is 9.47. The van der Waals surface area contributed by atoms with E-state index < -0.39 is 9.05 Å². The largest absolute Gasteiger partial charge is 0.352 e. The molecule has 20 heavy (non-hydrogen) atoms. The molecule has 2 atom stereocenters. The van der Waals surface area contributed by atoms with Gasteiger partial charge >= 0.3 is 0 Å². The molecule has 0 spiro atoms. The van der Waals surface area contributed by atoms with Gasteiger partial charge in [0.15, 0.2) is 0 Å². The molecule has 2 aliphatic rings. The fourth-order valence-electron chi connectivity index (χ4n) is 3.29. The number of carbonyl (C=O) groups excluding carboxylic acids is 1. The van der Waals surface area contributed by atoms with Gasteiger partial charge in [0.1, 0.15) is 0 Å². The molecule has 4 nitrogen and oxygen atoms in total. The van der Waals surface area contributed by atoms with Crippen molar-refractivity contribution < 1.29 is 13.2 Å². The summed E-state index contributed by atoms with van der Waals surface area (Å²) in [5.74, 6) is 1.57. The fourth-order valence-corrected chi connectivity index (χ4v) is 4.06. The molecule has 0 aliphatic heterocycles. The van der Waals surface area contributed by atoms with Crippen LogP contribution in [0.2, 0.25) is 0 Å². The summed E-state index contributed by atoms with van der Waals surface area (Å²) in [6, 6.07) is 6.25. The van der Waals surface area contributed by atoms with Crippen LogP contribution < -0.4 is 5.32 Å². The molecule has 1 aromatic carbocycles. The van der Waals surface area contributed by atoms with Crippen LogP contribution in [0.4, 0.5) is 0 Å². The lowest BCUT2D eigenvalue weighted by molar-refractivity contribution is -0.123. The van der Waals surface area contributed by atoms with Crippen LogP contribution in [0, 0.1) is 17.8 Å². The molecule has 108 valence electrons. The van der Waals surface area contributed by atoms with Crippen molar-refractivity contribution in [3.63, 3.8) is 0 Å². The minimum Gasteiger partial charge on any atom is -0.352 e. The maximum absolute atomic E-state index is 12.0. The highest BCUT2D eigenvalue weighted by atomic mass is 35.7. The lowest BCUT2D eigenvalue weighted by Gasteiger charge is -2.07. The van der Waals surface area contributed by atoms with Crippen LogP contribution in [0.3, 0.4) is 0 Å². The third kappa shape index (κ3) is 2.69. The van der Waals surface area contributed by atoms with E-state index in [0.717, 1.165) is 5.56 Å². The van der Waals surface area contributed by atoms with E-state index in [-0.39, 0.29) is 16.7 Å². The first-order valence-corrected chi connectivity index (χ1v) is 9.09. The molecule has 0 saturated heterocycles. The summed E-state index contributed by atoms with van der Waals surface area (Å²) in [5.41, 5.74) is 0.869. The number of fused-ring (bicyclic) bond motifs is 1. The molecule has 2 saturated carbocycles. The maximum atomic E-state index is 12.0. The van der Waals surface area contributed by atoms with Crippen LogP contribution in [0.25, 0.3) is 0 Å². The number of halogens is 1. The highest BCUT2D eigenvalue weighted by Crippen LogP contribution is 2.57. The fraction of sp³-hybridized carbons (Fsp3) is 0.500. The smallest absolute Gasteiger partial charge is 0.261 e. The van der Waals surface area contributed by atoms with Crippen molar-refractivity contribution in [2.45, 2.75) is 30.7 Å². The lowest BCUT2D eigenvalue weighted by atomic mass is 10.1. The summed E-state index contributed by atoms with van der Waals surface area (Å²) < 4.78 is 22.2. The zero-order chi connectivity index (χ0) is 14.3. The van der Waals surface area contributed by atoms with Gasteiger partial charge in [0.25, 0.3) is 9.05 Å². The van der Waals surface area contributed by atoms with Crippen LogP contribution in [-0.2, 0) is 20.4 Å². The van der Waals surface area contributed by atoms with Crippen LogP contribution in [0.1, 0.15) is 24.8 Å². The van der Waals surface area contributed by atoms with E-state index in [9.17, 15) is 13.2 Å². The second-order valence-corrected chi connectivity index (χ2v) is 8.15. The lowest BCUT2D eigenvalue weighted by Crippen LogP contribution is -2.26. The van der Waals surface area contributed by atoms with Crippen LogP contribution in [0.5, 0.6) is 0 Å². The van der Waals surface area contributed by atoms with E-state index in [1.807, 2.05) is 0 Å². The van der Waals surface area contributed by atoms with E-state index in [2.05, 4.69) is 5.32 Å². The quantitative estimate of drug-likeness (QED) is 0.867. The predicted molar refractivity (Wildman–Crippen MR) is 75.6 cm³/mol. The van der Waals surface area contributed by atoms with Gasteiger partial charge in [0, 0.05) is 23.1 Å². The number of rotatable bonds is 4. The summed E-state index contributed by atoms with van der Waals surface area (Å²) in [7, 11) is 1.57. The number of amides is 1. The first-order valence-electron chi connectivity index (χ1n) is 6.78. The standard InChI is InChI=1S/C14H16ClNO3S/c15-20(18,19)10-6-4-9(5-7-10)8-16-14(17)13-11-2-1-3-12(11)13/h4-7,11-13H,1-3,8H2,(H,16,17). The Labute approximate surface area is 122 Å². The van der Waals surface area contributed by atoms with Gasteiger partial charge in [-0.2, -0.15) is 0 Å². The predicted octanol–water partition coefficient (Wildman–Crippen LogP) is 2.28. The van der Waals surface area contributed by atoms with Gasteiger partial charge in [-0.1, -0.05) is 18.6 Å². The highest BCUT2D eigenvalue weighted by molar-refractivity contribution is 8.13. The van der Waals surface area contributed by atoms with E-state index >= 15 is 0 Å². The number of hydrogen-bond acceptors (Lipinski definition) is 3. The molecule has 1 N–H and O–H groups in total. The Hall–Kier alpha value is -1.07. The second-order valence-electron chi connectivity index (χ2n) is 5.58. The van der Waals surface area contributed by atoms with Gasteiger partial charge in [-0.15, -0.1) is 0 Å². The van der Waals surface area contributed by atoms with Gasteiger partial charge in [-0.05, 0) is 42.4 Å². The first kappa shape index (κ1) is 13.9. The van der Waals surface area contributed by atoms with Gasteiger partial charge in [-0.25, -0.2) is 8.42 Å². The normalized spacial score (nSPS) is 27.9. The van der Waals surface area contributed by atoms with Gasteiger partial charge in [-0.3, -0.25) is 4.79 Å².